The standard InChI is InChI=1S/C14H22.C6H6O/c1-11(2)8-13-6-5-7-14(10-13)9-12(3)4;7-6-4-2-1-3-5-6/h5-7,10-12H,8-9H2,1-4H3;1-5,7H. The highest BCUT2D eigenvalue weighted by Gasteiger charge is 2.01. The van der Waals surface area contributed by atoms with E-state index in [1.54, 1.807) is 24.3 Å². The van der Waals surface area contributed by atoms with Crippen molar-refractivity contribution in [1.29, 1.82) is 0 Å². The molecule has 0 bridgehead atoms. The maximum atomic E-state index is 8.63. The lowest BCUT2D eigenvalue weighted by Crippen LogP contribution is -1.97. The zero-order chi connectivity index (χ0) is 15.7. The van der Waals surface area contributed by atoms with Crippen LogP contribution in [0.3, 0.4) is 0 Å². The van der Waals surface area contributed by atoms with Gasteiger partial charge in [-0.15, -0.1) is 0 Å². The summed E-state index contributed by atoms with van der Waals surface area (Å²) in [5, 5.41) is 8.63. The molecule has 1 N–H and O–H groups in total. The number of phenols is 1. The van der Waals surface area contributed by atoms with E-state index < -0.39 is 0 Å². The number of hydrogen-bond acceptors (Lipinski definition) is 1. The van der Waals surface area contributed by atoms with Gasteiger partial charge >= 0.3 is 0 Å². The Morgan fingerprint density at radius 1 is 0.714 bits per heavy atom. The zero-order valence-electron chi connectivity index (χ0n) is 13.7. The van der Waals surface area contributed by atoms with Gasteiger partial charge in [0.25, 0.3) is 0 Å². The maximum Gasteiger partial charge on any atom is 0.115 e. The third-order valence-electron chi connectivity index (χ3n) is 3.04. The van der Waals surface area contributed by atoms with Crippen LogP contribution < -0.4 is 0 Å². The van der Waals surface area contributed by atoms with Gasteiger partial charge in [-0.1, -0.05) is 70.2 Å². The Morgan fingerprint density at radius 2 is 1.19 bits per heavy atom. The maximum absolute atomic E-state index is 8.63. The molecule has 0 unspecified atom stereocenters. The molecular formula is C20H28O. The summed E-state index contributed by atoms with van der Waals surface area (Å²) < 4.78 is 0. The molecule has 2 aromatic rings. The normalized spacial score (nSPS) is 10.4. The van der Waals surface area contributed by atoms with E-state index in [0.717, 1.165) is 11.8 Å². The molecule has 0 aliphatic heterocycles. The summed E-state index contributed by atoms with van der Waals surface area (Å²) >= 11 is 0. The first-order valence-electron chi connectivity index (χ1n) is 7.79. The second kappa shape index (κ2) is 9.23. The lowest BCUT2D eigenvalue weighted by molar-refractivity contribution is 0.475. The molecule has 0 saturated heterocycles. The molecule has 0 heterocycles. The van der Waals surface area contributed by atoms with Gasteiger partial charge < -0.3 is 5.11 Å². The fraction of sp³-hybridized carbons (Fsp3) is 0.400. The predicted molar refractivity (Wildman–Crippen MR) is 91.6 cm³/mol. The van der Waals surface area contributed by atoms with E-state index in [-0.39, 0.29) is 0 Å². The van der Waals surface area contributed by atoms with Crippen LogP contribution in [0.15, 0.2) is 54.6 Å². The van der Waals surface area contributed by atoms with Gasteiger partial charge in [0.15, 0.2) is 0 Å². The first kappa shape index (κ1) is 17.3. The molecule has 0 spiro atoms. The minimum atomic E-state index is 0.322. The Kier molecular flexibility index (Phi) is 7.60. The van der Waals surface area contributed by atoms with Crippen LogP contribution in [0.5, 0.6) is 5.75 Å². The van der Waals surface area contributed by atoms with Crippen molar-refractivity contribution in [2.45, 2.75) is 40.5 Å². The van der Waals surface area contributed by atoms with Crippen LogP contribution in [0.25, 0.3) is 0 Å². The molecule has 114 valence electrons. The van der Waals surface area contributed by atoms with Crippen molar-refractivity contribution in [3.05, 3.63) is 65.7 Å². The molecule has 0 atom stereocenters. The van der Waals surface area contributed by atoms with E-state index in [2.05, 4.69) is 52.0 Å². The molecule has 0 aliphatic rings. The van der Waals surface area contributed by atoms with E-state index in [1.165, 1.54) is 24.0 Å². The SMILES string of the molecule is CC(C)Cc1cccc(CC(C)C)c1.Oc1ccccc1. The summed E-state index contributed by atoms with van der Waals surface area (Å²) in [6, 6.07) is 17.7. The zero-order valence-corrected chi connectivity index (χ0v) is 13.7. The molecule has 1 heteroatoms. The van der Waals surface area contributed by atoms with Crippen molar-refractivity contribution in [3.8, 4) is 5.75 Å². The second-order valence-corrected chi connectivity index (χ2v) is 6.35. The molecule has 0 radical (unpaired) electrons. The Morgan fingerprint density at radius 3 is 1.52 bits per heavy atom. The van der Waals surface area contributed by atoms with Crippen LogP contribution in [-0.4, -0.2) is 5.11 Å². The lowest BCUT2D eigenvalue weighted by Gasteiger charge is -2.09. The van der Waals surface area contributed by atoms with Crippen molar-refractivity contribution >= 4 is 0 Å². The monoisotopic (exact) mass is 284 g/mol. The number of aromatic hydroxyl groups is 1. The van der Waals surface area contributed by atoms with Crippen molar-refractivity contribution in [1.82, 2.24) is 0 Å². The van der Waals surface area contributed by atoms with Gasteiger partial charge in [-0.2, -0.15) is 0 Å². The highest BCUT2D eigenvalue weighted by Crippen LogP contribution is 2.13. The number of rotatable bonds is 4. The van der Waals surface area contributed by atoms with Gasteiger partial charge in [0.2, 0.25) is 0 Å². The van der Waals surface area contributed by atoms with Crippen LogP contribution in [0, 0.1) is 11.8 Å². The molecule has 0 aromatic heterocycles. The van der Waals surface area contributed by atoms with Gasteiger partial charge in [-0.05, 0) is 47.9 Å². The summed E-state index contributed by atoms with van der Waals surface area (Å²) in [5.74, 6) is 1.83. The summed E-state index contributed by atoms with van der Waals surface area (Å²) in [5.41, 5.74) is 2.97. The van der Waals surface area contributed by atoms with E-state index in [1.807, 2.05) is 6.07 Å². The van der Waals surface area contributed by atoms with Crippen molar-refractivity contribution < 1.29 is 5.11 Å². The fourth-order valence-corrected chi connectivity index (χ4v) is 2.25. The first-order chi connectivity index (χ1) is 9.97. The molecule has 2 rings (SSSR count). The molecule has 0 aliphatic carbocycles. The van der Waals surface area contributed by atoms with E-state index in [0.29, 0.717) is 5.75 Å². The minimum Gasteiger partial charge on any atom is -0.508 e. The third-order valence-corrected chi connectivity index (χ3v) is 3.04. The molecule has 21 heavy (non-hydrogen) atoms. The summed E-state index contributed by atoms with van der Waals surface area (Å²) in [7, 11) is 0. The summed E-state index contributed by atoms with van der Waals surface area (Å²) in [6.07, 6.45) is 2.40. The van der Waals surface area contributed by atoms with Crippen molar-refractivity contribution in [2.24, 2.45) is 11.8 Å². The largest absolute Gasteiger partial charge is 0.508 e. The Bertz CT molecular complexity index is 475. The number of hydrogen-bond donors (Lipinski definition) is 1. The van der Waals surface area contributed by atoms with Gasteiger partial charge in [-0.3, -0.25) is 0 Å². The molecule has 0 saturated carbocycles. The molecule has 0 amide bonds. The summed E-state index contributed by atoms with van der Waals surface area (Å²) in [6.45, 7) is 9.09. The van der Waals surface area contributed by atoms with Gasteiger partial charge in [0, 0.05) is 0 Å². The van der Waals surface area contributed by atoms with Crippen molar-refractivity contribution in [2.75, 3.05) is 0 Å². The molecule has 1 nitrogen and oxygen atoms in total. The smallest absolute Gasteiger partial charge is 0.115 e. The van der Waals surface area contributed by atoms with Crippen LogP contribution >= 0.6 is 0 Å². The average molecular weight is 284 g/mol. The van der Waals surface area contributed by atoms with E-state index in [4.69, 9.17) is 5.11 Å². The van der Waals surface area contributed by atoms with E-state index >= 15 is 0 Å². The van der Waals surface area contributed by atoms with Crippen LogP contribution in [0.4, 0.5) is 0 Å². The number of para-hydroxylation sites is 1. The number of benzene rings is 2. The van der Waals surface area contributed by atoms with Gasteiger partial charge in [0.05, 0.1) is 0 Å². The third kappa shape index (κ3) is 8.19. The Hall–Kier alpha value is -1.76. The van der Waals surface area contributed by atoms with Crippen LogP contribution in [-0.2, 0) is 12.8 Å². The van der Waals surface area contributed by atoms with Crippen molar-refractivity contribution in [3.63, 3.8) is 0 Å². The predicted octanol–water partition coefficient (Wildman–Crippen LogP) is 5.48. The fourth-order valence-electron chi connectivity index (χ4n) is 2.25. The van der Waals surface area contributed by atoms with Gasteiger partial charge in [0.1, 0.15) is 5.75 Å². The molecule has 2 aromatic carbocycles. The highest BCUT2D eigenvalue weighted by molar-refractivity contribution is 5.24. The topological polar surface area (TPSA) is 20.2 Å². The second-order valence-electron chi connectivity index (χ2n) is 6.35. The van der Waals surface area contributed by atoms with E-state index in [9.17, 15) is 0 Å². The van der Waals surface area contributed by atoms with Crippen LogP contribution in [0.2, 0.25) is 0 Å². The molecular weight excluding hydrogens is 256 g/mol. The highest BCUT2D eigenvalue weighted by atomic mass is 16.3. The number of phenolic OH excluding ortho intramolecular Hbond substituents is 1. The Balaban J connectivity index is 0.000000262. The van der Waals surface area contributed by atoms with Gasteiger partial charge in [-0.25, -0.2) is 0 Å². The minimum absolute atomic E-state index is 0.322. The average Bonchev–Trinajstić information content (AvgIpc) is 2.39. The first-order valence-corrected chi connectivity index (χ1v) is 7.79. The summed E-state index contributed by atoms with van der Waals surface area (Å²) in [4.78, 5) is 0. The quantitative estimate of drug-likeness (QED) is 0.788. The lowest BCUT2D eigenvalue weighted by atomic mass is 9.97. The molecule has 0 fully saturated rings. The van der Waals surface area contributed by atoms with Crippen LogP contribution in [0.1, 0.15) is 38.8 Å². The Labute approximate surface area is 129 Å².